The van der Waals surface area contributed by atoms with Crippen LogP contribution in [0.25, 0.3) is 0 Å². The molecule has 0 bridgehead atoms. The molecule has 0 saturated heterocycles. The summed E-state index contributed by atoms with van der Waals surface area (Å²) >= 11 is 0. The predicted octanol–water partition coefficient (Wildman–Crippen LogP) is 3.23. The third kappa shape index (κ3) is 3.37. The van der Waals surface area contributed by atoms with E-state index in [1.807, 2.05) is 0 Å². The van der Waals surface area contributed by atoms with Crippen molar-refractivity contribution < 1.29 is 4.74 Å². The summed E-state index contributed by atoms with van der Waals surface area (Å²) < 4.78 is 5.11. The van der Waals surface area contributed by atoms with Crippen molar-refractivity contribution in [2.45, 2.75) is 32.1 Å². The minimum Gasteiger partial charge on any atom is -0.383 e. The van der Waals surface area contributed by atoms with Crippen LogP contribution in [0.15, 0.2) is 30.3 Å². The Morgan fingerprint density at radius 3 is 2.53 bits per heavy atom. The Morgan fingerprint density at radius 1 is 1.26 bits per heavy atom. The fourth-order valence-corrected chi connectivity index (χ4v) is 3.19. The molecular formula is C17H27NO. The monoisotopic (exact) mass is 261 g/mol. The van der Waals surface area contributed by atoms with Crippen molar-refractivity contribution in [1.29, 1.82) is 0 Å². The van der Waals surface area contributed by atoms with Crippen molar-refractivity contribution in [1.82, 2.24) is 5.32 Å². The average molecular weight is 261 g/mol. The van der Waals surface area contributed by atoms with E-state index in [1.165, 1.54) is 18.4 Å². The van der Waals surface area contributed by atoms with Crippen LogP contribution >= 0.6 is 0 Å². The summed E-state index contributed by atoms with van der Waals surface area (Å²) in [5, 5.41) is 3.56. The standard InChI is InChI=1S/C17H27NO/c1-14(2)15-11-17(12-15,13-18-9-10-19-3)16-7-5-4-6-8-16/h4-8,14-15,18H,9-13H2,1-3H3. The van der Waals surface area contributed by atoms with Gasteiger partial charge in [-0.15, -0.1) is 0 Å². The summed E-state index contributed by atoms with van der Waals surface area (Å²) in [6.45, 7) is 7.50. The van der Waals surface area contributed by atoms with Gasteiger partial charge in [0.25, 0.3) is 0 Å². The van der Waals surface area contributed by atoms with Crippen LogP contribution < -0.4 is 5.32 Å². The molecule has 2 nitrogen and oxygen atoms in total. The lowest BCUT2D eigenvalue weighted by atomic mass is 9.56. The second-order valence-corrected chi connectivity index (χ2v) is 6.23. The molecular weight excluding hydrogens is 234 g/mol. The van der Waals surface area contributed by atoms with E-state index < -0.39 is 0 Å². The maximum absolute atomic E-state index is 5.11. The Hall–Kier alpha value is -0.860. The van der Waals surface area contributed by atoms with Crippen molar-refractivity contribution in [3.8, 4) is 0 Å². The van der Waals surface area contributed by atoms with Gasteiger partial charge in [-0.05, 0) is 30.2 Å². The fourth-order valence-electron chi connectivity index (χ4n) is 3.19. The number of hydrogen-bond acceptors (Lipinski definition) is 2. The highest BCUT2D eigenvalue weighted by atomic mass is 16.5. The molecule has 2 rings (SSSR count). The Morgan fingerprint density at radius 2 is 1.95 bits per heavy atom. The molecule has 0 unspecified atom stereocenters. The van der Waals surface area contributed by atoms with E-state index >= 15 is 0 Å². The van der Waals surface area contributed by atoms with Gasteiger partial charge in [0.15, 0.2) is 0 Å². The van der Waals surface area contributed by atoms with Gasteiger partial charge in [-0.3, -0.25) is 0 Å². The van der Waals surface area contributed by atoms with Gasteiger partial charge in [-0.25, -0.2) is 0 Å². The molecule has 0 amide bonds. The highest BCUT2D eigenvalue weighted by Gasteiger charge is 2.45. The van der Waals surface area contributed by atoms with E-state index in [9.17, 15) is 0 Å². The molecule has 1 N–H and O–H groups in total. The zero-order valence-corrected chi connectivity index (χ0v) is 12.5. The molecule has 1 fully saturated rings. The Bertz CT molecular complexity index is 368. The molecule has 1 aromatic rings. The molecule has 1 saturated carbocycles. The largest absolute Gasteiger partial charge is 0.383 e. The van der Waals surface area contributed by atoms with Crippen LogP contribution in [-0.4, -0.2) is 26.8 Å². The lowest BCUT2D eigenvalue weighted by Crippen LogP contribution is -2.50. The van der Waals surface area contributed by atoms with Gasteiger partial charge in [0.2, 0.25) is 0 Å². The number of benzene rings is 1. The third-order valence-corrected chi connectivity index (χ3v) is 4.58. The van der Waals surface area contributed by atoms with Gasteiger partial charge in [-0.1, -0.05) is 44.2 Å². The second-order valence-electron chi connectivity index (χ2n) is 6.23. The first-order chi connectivity index (χ1) is 9.18. The number of nitrogens with one attached hydrogen (secondary N) is 1. The Balaban J connectivity index is 1.99. The molecule has 106 valence electrons. The van der Waals surface area contributed by atoms with Gasteiger partial charge >= 0.3 is 0 Å². The van der Waals surface area contributed by atoms with Crippen LogP contribution in [0.5, 0.6) is 0 Å². The Labute approximate surface area is 117 Å². The van der Waals surface area contributed by atoms with E-state index in [1.54, 1.807) is 7.11 Å². The van der Waals surface area contributed by atoms with Gasteiger partial charge in [0, 0.05) is 25.6 Å². The molecule has 0 radical (unpaired) electrons. The number of ether oxygens (including phenoxy) is 1. The third-order valence-electron chi connectivity index (χ3n) is 4.58. The quantitative estimate of drug-likeness (QED) is 0.761. The summed E-state index contributed by atoms with van der Waals surface area (Å²) in [6, 6.07) is 11.0. The highest BCUT2D eigenvalue weighted by molar-refractivity contribution is 5.29. The highest BCUT2D eigenvalue weighted by Crippen LogP contribution is 2.50. The Kier molecular flexibility index (Phi) is 5.00. The number of methoxy groups -OCH3 is 1. The lowest BCUT2D eigenvalue weighted by molar-refractivity contribution is 0.0949. The van der Waals surface area contributed by atoms with Crippen LogP contribution in [-0.2, 0) is 10.2 Å². The SMILES string of the molecule is COCCNCC1(c2ccccc2)CC(C(C)C)C1. The van der Waals surface area contributed by atoms with Crippen molar-refractivity contribution in [2.24, 2.45) is 11.8 Å². The van der Waals surface area contributed by atoms with Gasteiger partial charge in [0.1, 0.15) is 0 Å². The summed E-state index contributed by atoms with van der Waals surface area (Å²) in [5.74, 6) is 1.68. The molecule has 1 aromatic carbocycles. The smallest absolute Gasteiger partial charge is 0.0587 e. The van der Waals surface area contributed by atoms with Gasteiger partial charge in [0.05, 0.1) is 6.61 Å². The second kappa shape index (κ2) is 6.53. The molecule has 1 aliphatic rings. The normalized spacial score (nSPS) is 26.4. The summed E-state index contributed by atoms with van der Waals surface area (Å²) in [6.07, 6.45) is 2.63. The fraction of sp³-hybridized carbons (Fsp3) is 0.647. The van der Waals surface area contributed by atoms with E-state index in [4.69, 9.17) is 4.74 Å². The molecule has 2 heteroatoms. The van der Waals surface area contributed by atoms with Gasteiger partial charge < -0.3 is 10.1 Å². The first-order valence-electron chi connectivity index (χ1n) is 7.43. The average Bonchev–Trinajstić information content (AvgIpc) is 2.37. The zero-order valence-electron chi connectivity index (χ0n) is 12.5. The molecule has 0 spiro atoms. The van der Waals surface area contributed by atoms with E-state index in [2.05, 4.69) is 49.5 Å². The number of rotatable bonds is 7. The predicted molar refractivity (Wildman–Crippen MR) is 80.4 cm³/mol. The van der Waals surface area contributed by atoms with Crippen molar-refractivity contribution >= 4 is 0 Å². The van der Waals surface area contributed by atoms with Crippen LogP contribution in [0, 0.1) is 11.8 Å². The van der Waals surface area contributed by atoms with E-state index in [-0.39, 0.29) is 0 Å². The lowest BCUT2D eigenvalue weighted by Gasteiger charge is -2.50. The summed E-state index contributed by atoms with van der Waals surface area (Å²) in [5.41, 5.74) is 1.85. The first-order valence-corrected chi connectivity index (χ1v) is 7.43. The molecule has 0 heterocycles. The van der Waals surface area contributed by atoms with Crippen LogP contribution in [0.2, 0.25) is 0 Å². The maximum Gasteiger partial charge on any atom is 0.0587 e. The summed E-state index contributed by atoms with van der Waals surface area (Å²) in [4.78, 5) is 0. The van der Waals surface area contributed by atoms with Crippen molar-refractivity contribution in [2.75, 3.05) is 26.8 Å². The minimum atomic E-state index is 0.351. The maximum atomic E-state index is 5.11. The molecule has 19 heavy (non-hydrogen) atoms. The molecule has 0 aliphatic heterocycles. The molecule has 1 aliphatic carbocycles. The molecule has 0 aromatic heterocycles. The number of hydrogen-bond donors (Lipinski definition) is 1. The van der Waals surface area contributed by atoms with Gasteiger partial charge in [-0.2, -0.15) is 0 Å². The first kappa shape index (κ1) is 14.5. The van der Waals surface area contributed by atoms with Crippen molar-refractivity contribution in [3.63, 3.8) is 0 Å². The van der Waals surface area contributed by atoms with Crippen molar-refractivity contribution in [3.05, 3.63) is 35.9 Å². The minimum absolute atomic E-state index is 0.351. The van der Waals surface area contributed by atoms with Crippen LogP contribution in [0.3, 0.4) is 0 Å². The van der Waals surface area contributed by atoms with Crippen LogP contribution in [0.4, 0.5) is 0 Å². The van der Waals surface area contributed by atoms with E-state index in [0.29, 0.717) is 5.41 Å². The van der Waals surface area contributed by atoms with Crippen LogP contribution in [0.1, 0.15) is 32.3 Å². The molecule has 0 atom stereocenters. The topological polar surface area (TPSA) is 21.3 Å². The summed E-state index contributed by atoms with van der Waals surface area (Å²) in [7, 11) is 1.76. The van der Waals surface area contributed by atoms with E-state index in [0.717, 1.165) is 31.5 Å². The zero-order chi connectivity index (χ0) is 13.7.